The van der Waals surface area contributed by atoms with Crippen LogP contribution >= 0.6 is 0 Å². The molecule has 0 saturated heterocycles. The van der Waals surface area contributed by atoms with E-state index in [-0.39, 0.29) is 24.1 Å². The smallest absolute Gasteiger partial charge is 0.351 e. The van der Waals surface area contributed by atoms with Crippen LogP contribution in [0.2, 0.25) is 0 Å². The van der Waals surface area contributed by atoms with Crippen molar-refractivity contribution >= 4 is 17.2 Å². The SMILES string of the molecule is CCC(=O)c1c(O)oc(=O)c(C(CC)=Nc2ccc(Oc3ccccc3)cc2)c1O. The van der Waals surface area contributed by atoms with Crippen LogP contribution < -0.4 is 10.4 Å². The summed E-state index contributed by atoms with van der Waals surface area (Å²) in [6.07, 6.45) is 0.306. The molecule has 1 aromatic heterocycles. The summed E-state index contributed by atoms with van der Waals surface area (Å²) in [6.45, 7) is 3.32. The number of ketones is 1. The monoisotopic (exact) mass is 407 g/mol. The number of para-hydroxylation sites is 1. The Labute approximate surface area is 172 Å². The second kappa shape index (κ2) is 9.09. The maximum absolute atomic E-state index is 12.3. The number of carbonyl (C=O) groups excluding carboxylic acids is 1. The molecule has 1 heterocycles. The van der Waals surface area contributed by atoms with Gasteiger partial charge in [0.1, 0.15) is 28.4 Å². The van der Waals surface area contributed by atoms with Crippen molar-refractivity contribution in [1.82, 2.24) is 0 Å². The van der Waals surface area contributed by atoms with Crippen LogP contribution in [0.1, 0.15) is 42.6 Å². The summed E-state index contributed by atoms with van der Waals surface area (Å²) >= 11 is 0. The van der Waals surface area contributed by atoms with Crippen LogP contribution in [0.3, 0.4) is 0 Å². The molecular weight excluding hydrogens is 386 g/mol. The fourth-order valence-corrected chi connectivity index (χ4v) is 2.88. The van der Waals surface area contributed by atoms with E-state index in [9.17, 15) is 19.8 Å². The molecule has 3 rings (SSSR count). The Bertz CT molecular complexity index is 1130. The van der Waals surface area contributed by atoms with Crippen molar-refractivity contribution in [3.05, 3.63) is 76.1 Å². The predicted molar refractivity (Wildman–Crippen MR) is 112 cm³/mol. The lowest BCUT2D eigenvalue weighted by Crippen LogP contribution is -2.17. The summed E-state index contributed by atoms with van der Waals surface area (Å²) in [7, 11) is 0. The molecule has 0 aliphatic carbocycles. The number of aromatic hydroxyl groups is 2. The van der Waals surface area contributed by atoms with E-state index in [1.807, 2.05) is 30.3 Å². The molecule has 0 saturated carbocycles. The number of rotatable bonds is 7. The van der Waals surface area contributed by atoms with Crippen molar-refractivity contribution < 1.29 is 24.2 Å². The van der Waals surface area contributed by atoms with Gasteiger partial charge in [0.2, 0.25) is 0 Å². The van der Waals surface area contributed by atoms with Gasteiger partial charge in [0.15, 0.2) is 5.78 Å². The second-order valence-electron chi connectivity index (χ2n) is 6.39. The molecule has 7 heteroatoms. The van der Waals surface area contributed by atoms with Gasteiger partial charge in [-0.1, -0.05) is 32.0 Å². The van der Waals surface area contributed by atoms with Crippen molar-refractivity contribution in [2.45, 2.75) is 26.7 Å². The Hall–Kier alpha value is -3.87. The zero-order valence-electron chi connectivity index (χ0n) is 16.6. The van der Waals surface area contributed by atoms with Crippen molar-refractivity contribution in [3.8, 4) is 23.2 Å². The molecule has 0 unspecified atom stereocenters. The minimum absolute atomic E-state index is 0.0236. The fourth-order valence-electron chi connectivity index (χ4n) is 2.88. The average molecular weight is 407 g/mol. The zero-order valence-corrected chi connectivity index (χ0v) is 16.6. The number of nitrogens with zero attached hydrogens (tertiary/aromatic N) is 1. The third-order valence-electron chi connectivity index (χ3n) is 4.38. The number of hydrogen-bond donors (Lipinski definition) is 2. The number of benzene rings is 2. The van der Waals surface area contributed by atoms with Crippen LogP contribution in [0.4, 0.5) is 5.69 Å². The first-order valence-electron chi connectivity index (χ1n) is 9.47. The van der Waals surface area contributed by atoms with Crippen molar-refractivity contribution in [1.29, 1.82) is 0 Å². The van der Waals surface area contributed by atoms with Crippen molar-refractivity contribution in [2.75, 3.05) is 0 Å². The van der Waals surface area contributed by atoms with Gasteiger partial charge in [0, 0.05) is 6.42 Å². The molecule has 30 heavy (non-hydrogen) atoms. The summed E-state index contributed by atoms with van der Waals surface area (Å²) in [4.78, 5) is 28.7. The van der Waals surface area contributed by atoms with Crippen LogP contribution in [0.5, 0.6) is 23.2 Å². The molecule has 0 bridgehead atoms. The van der Waals surface area contributed by atoms with Gasteiger partial charge >= 0.3 is 5.63 Å². The molecule has 0 aliphatic rings. The number of ether oxygens (including phenoxy) is 1. The lowest BCUT2D eigenvalue weighted by Gasteiger charge is -2.10. The highest BCUT2D eigenvalue weighted by atomic mass is 16.5. The van der Waals surface area contributed by atoms with E-state index in [1.165, 1.54) is 0 Å². The Morgan fingerprint density at radius 1 is 0.933 bits per heavy atom. The van der Waals surface area contributed by atoms with E-state index < -0.39 is 28.7 Å². The van der Waals surface area contributed by atoms with Gasteiger partial charge in [0.25, 0.3) is 5.95 Å². The standard InChI is InChI=1S/C23H21NO6/c1-3-17(19-21(26)20(18(25)4-2)23(28)30-22(19)27)24-14-10-12-16(13-11-14)29-15-8-6-5-7-9-15/h5-13,26,28H,3-4H2,1-2H3. The second-order valence-corrected chi connectivity index (χ2v) is 6.39. The van der Waals surface area contributed by atoms with Crippen LogP contribution in [-0.2, 0) is 0 Å². The number of hydrogen-bond acceptors (Lipinski definition) is 7. The largest absolute Gasteiger partial charge is 0.506 e. The molecule has 0 amide bonds. The number of aliphatic imine (C=N–C) groups is 1. The van der Waals surface area contributed by atoms with Crippen molar-refractivity contribution in [2.24, 2.45) is 4.99 Å². The van der Waals surface area contributed by atoms with E-state index in [4.69, 9.17) is 9.15 Å². The molecule has 0 spiro atoms. The third kappa shape index (κ3) is 4.41. The fraction of sp³-hybridized carbons (Fsp3) is 0.174. The van der Waals surface area contributed by atoms with Crippen LogP contribution in [0.15, 0.2) is 68.8 Å². The first-order chi connectivity index (χ1) is 14.4. The molecule has 3 aromatic rings. The summed E-state index contributed by atoms with van der Waals surface area (Å²) in [5.74, 6) is -0.761. The minimum atomic E-state index is -0.970. The van der Waals surface area contributed by atoms with Gasteiger partial charge in [-0.05, 0) is 42.8 Å². The van der Waals surface area contributed by atoms with E-state index >= 15 is 0 Å². The Morgan fingerprint density at radius 2 is 1.57 bits per heavy atom. The Morgan fingerprint density at radius 3 is 2.17 bits per heavy atom. The highest BCUT2D eigenvalue weighted by Crippen LogP contribution is 2.31. The molecule has 0 radical (unpaired) electrons. The van der Waals surface area contributed by atoms with E-state index in [2.05, 4.69) is 4.99 Å². The maximum atomic E-state index is 12.3. The van der Waals surface area contributed by atoms with E-state index in [0.29, 0.717) is 17.2 Å². The molecule has 7 nitrogen and oxygen atoms in total. The minimum Gasteiger partial charge on any atom is -0.506 e. The summed E-state index contributed by atoms with van der Waals surface area (Å²) in [5, 5.41) is 20.3. The first kappa shape index (κ1) is 20.9. The first-order valence-corrected chi connectivity index (χ1v) is 9.47. The lowest BCUT2D eigenvalue weighted by molar-refractivity contribution is 0.0976. The number of carbonyl (C=O) groups is 1. The average Bonchev–Trinajstić information content (AvgIpc) is 2.74. The van der Waals surface area contributed by atoms with E-state index in [0.717, 1.165) is 0 Å². The quantitative estimate of drug-likeness (QED) is 0.423. The zero-order chi connectivity index (χ0) is 21.7. The van der Waals surface area contributed by atoms with Crippen LogP contribution in [0.25, 0.3) is 0 Å². The molecule has 0 aliphatic heterocycles. The summed E-state index contributed by atoms with van der Waals surface area (Å²) in [6, 6.07) is 16.2. The van der Waals surface area contributed by atoms with Gasteiger partial charge < -0.3 is 19.4 Å². The Balaban J connectivity index is 1.96. The topological polar surface area (TPSA) is 109 Å². The predicted octanol–water partition coefficient (Wildman–Crippen LogP) is 4.97. The van der Waals surface area contributed by atoms with Crippen LogP contribution in [0, 0.1) is 0 Å². The molecular formula is C23H21NO6. The van der Waals surface area contributed by atoms with Gasteiger partial charge in [-0.3, -0.25) is 9.79 Å². The normalized spacial score (nSPS) is 11.3. The van der Waals surface area contributed by atoms with Gasteiger partial charge in [0.05, 0.1) is 11.4 Å². The Kier molecular flexibility index (Phi) is 6.32. The summed E-state index contributed by atoms with van der Waals surface area (Å²) in [5.41, 5.74) is -0.885. The lowest BCUT2D eigenvalue weighted by atomic mass is 10.0. The molecule has 2 N–H and O–H groups in total. The third-order valence-corrected chi connectivity index (χ3v) is 4.38. The molecule has 2 aromatic carbocycles. The van der Waals surface area contributed by atoms with Gasteiger partial charge in [-0.25, -0.2) is 4.79 Å². The summed E-state index contributed by atoms with van der Waals surface area (Å²) < 4.78 is 10.5. The number of Topliss-reactive ketones (excluding diaryl/α,β-unsaturated/α-hetero) is 1. The molecule has 0 atom stereocenters. The van der Waals surface area contributed by atoms with Crippen molar-refractivity contribution in [3.63, 3.8) is 0 Å². The van der Waals surface area contributed by atoms with Crippen LogP contribution in [-0.4, -0.2) is 21.7 Å². The maximum Gasteiger partial charge on any atom is 0.351 e. The highest BCUT2D eigenvalue weighted by Gasteiger charge is 2.26. The van der Waals surface area contributed by atoms with Gasteiger partial charge in [-0.2, -0.15) is 0 Å². The molecule has 0 fully saturated rings. The van der Waals surface area contributed by atoms with Gasteiger partial charge in [-0.15, -0.1) is 0 Å². The highest BCUT2D eigenvalue weighted by molar-refractivity contribution is 6.08. The van der Waals surface area contributed by atoms with E-state index in [1.54, 1.807) is 38.1 Å². The molecule has 154 valence electrons.